The van der Waals surface area contributed by atoms with Gasteiger partial charge in [-0.1, -0.05) is 75.7 Å². The quantitative estimate of drug-likeness (QED) is 0.171. The molecule has 0 aromatic heterocycles. The molecule has 0 aliphatic carbocycles. The molecule has 2 amide bonds. The highest BCUT2D eigenvalue weighted by Crippen LogP contribution is 2.35. The second-order valence-electron chi connectivity index (χ2n) is 14.9. The predicted octanol–water partition coefficient (Wildman–Crippen LogP) is 3.90. The number of aliphatic hydroxyl groups is 2. The fraction of sp³-hybridized carbons (Fsp3) is 0.935. The van der Waals surface area contributed by atoms with Gasteiger partial charge in [0.1, 0.15) is 0 Å². The molecule has 232 valence electrons. The number of rotatable bonds is 21. The topological polar surface area (TPSA) is 105 Å². The fourth-order valence-electron chi connectivity index (χ4n) is 5.59. The molecule has 0 radical (unpaired) electrons. The summed E-state index contributed by atoms with van der Waals surface area (Å²) in [6.07, 6.45) is 3.91. The van der Waals surface area contributed by atoms with Gasteiger partial charge in [0, 0.05) is 65.2 Å². The Morgan fingerprint density at radius 2 is 0.974 bits per heavy atom. The minimum absolute atomic E-state index is 0.0211. The molecule has 39 heavy (non-hydrogen) atoms. The van der Waals surface area contributed by atoms with Crippen molar-refractivity contribution >= 4 is 11.8 Å². The van der Waals surface area contributed by atoms with Gasteiger partial charge in [-0.2, -0.15) is 0 Å². The molecule has 0 spiro atoms. The lowest BCUT2D eigenvalue weighted by molar-refractivity contribution is -0.123. The summed E-state index contributed by atoms with van der Waals surface area (Å²) in [5.74, 6) is 0.0487. The molecule has 0 atom stereocenters. The summed E-state index contributed by atoms with van der Waals surface area (Å²) < 4.78 is 0. The molecule has 0 heterocycles. The second kappa shape index (κ2) is 17.6. The number of nitrogens with zero attached hydrogens (tertiary/aromatic N) is 2. The van der Waals surface area contributed by atoms with E-state index in [9.17, 15) is 19.8 Å². The van der Waals surface area contributed by atoms with Gasteiger partial charge < -0.3 is 20.8 Å². The van der Waals surface area contributed by atoms with Gasteiger partial charge >= 0.3 is 0 Å². The zero-order valence-corrected chi connectivity index (χ0v) is 27.2. The van der Waals surface area contributed by atoms with Crippen LogP contribution in [-0.4, -0.2) is 97.4 Å². The maximum atomic E-state index is 12.6. The van der Waals surface area contributed by atoms with Crippen molar-refractivity contribution in [2.75, 3.05) is 65.6 Å². The highest BCUT2D eigenvalue weighted by atomic mass is 16.3. The molecule has 0 aliphatic heterocycles. The molecule has 8 nitrogen and oxygen atoms in total. The molecule has 4 N–H and O–H groups in total. The zero-order chi connectivity index (χ0) is 30.3. The van der Waals surface area contributed by atoms with Crippen molar-refractivity contribution in [3.05, 3.63) is 0 Å². The lowest BCUT2D eigenvalue weighted by Gasteiger charge is -2.34. The van der Waals surface area contributed by atoms with E-state index in [4.69, 9.17) is 0 Å². The lowest BCUT2D eigenvalue weighted by Crippen LogP contribution is -2.42. The van der Waals surface area contributed by atoms with Crippen LogP contribution in [0.3, 0.4) is 0 Å². The maximum Gasteiger partial charge on any atom is 0.221 e. The van der Waals surface area contributed by atoms with Crippen LogP contribution in [-0.2, 0) is 9.59 Å². The molecule has 0 saturated heterocycles. The van der Waals surface area contributed by atoms with Crippen molar-refractivity contribution in [1.29, 1.82) is 0 Å². The van der Waals surface area contributed by atoms with Gasteiger partial charge in [-0.3, -0.25) is 19.4 Å². The minimum atomic E-state index is 0.0211. The van der Waals surface area contributed by atoms with Crippen LogP contribution in [0.4, 0.5) is 0 Å². The predicted molar refractivity (Wildman–Crippen MR) is 163 cm³/mol. The Labute approximate surface area is 240 Å². The normalized spacial score (nSPS) is 13.3. The van der Waals surface area contributed by atoms with Gasteiger partial charge in [-0.15, -0.1) is 0 Å². The third kappa shape index (κ3) is 20.3. The van der Waals surface area contributed by atoms with Crippen LogP contribution in [0, 0.1) is 21.7 Å². The third-order valence-electron chi connectivity index (χ3n) is 7.33. The van der Waals surface area contributed by atoms with Crippen molar-refractivity contribution in [3.8, 4) is 0 Å². The number of carbonyl (C=O) groups is 2. The molecular formula is C31H64N4O4. The van der Waals surface area contributed by atoms with Crippen LogP contribution >= 0.6 is 0 Å². The summed E-state index contributed by atoms with van der Waals surface area (Å²) in [6, 6.07) is 0. The van der Waals surface area contributed by atoms with E-state index >= 15 is 0 Å². The molecule has 0 bridgehead atoms. The Hall–Kier alpha value is -1.22. The molecule has 0 fully saturated rings. The first-order valence-electron chi connectivity index (χ1n) is 15.0. The smallest absolute Gasteiger partial charge is 0.221 e. The average molecular weight is 557 g/mol. The van der Waals surface area contributed by atoms with Gasteiger partial charge in [0.15, 0.2) is 0 Å². The summed E-state index contributed by atoms with van der Waals surface area (Å²) in [5, 5.41) is 25.2. The number of hydrogen-bond donors (Lipinski definition) is 4. The van der Waals surface area contributed by atoms with E-state index in [-0.39, 0.29) is 46.7 Å². The summed E-state index contributed by atoms with van der Waals surface area (Å²) in [4.78, 5) is 29.2. The van der Waals surface area contributed by atoms with Crippen molar-refractivity contribution < 1.29 is 19.8 Å². The lowest BCUT2D eigenvalue weighted by atomic mass is 9.73. The largest absolute Gasteiger partial charge is 0.395 e. The van der Waals surface area contributed by atoms with E-state index in [0.717, 1.165) is 19.3 Å². The first-order chi connectivity index (χ1) is 17.8. The molecule has 8 heteroatoms. The Morgan fingerprint density at radius 1 is 0.590 bits per heavy atom. The van der Waals surface area contributed by atoms with Gasteiger partial charge in [-0.25, -0.2) is 0 Å². The van der Waals surface area contributed by atoms with E-state index < -0.39 is 0 Å². The summed E-state index contributed by atoms with van der Waals surface area (Å²) in [7, 11) is 0. The number of hydrogen-bond acceptors (Lipinski definition) is 6. The number of aliphatic hydroxyl groups excluding tert-OH is 2. The third-order valence-corrected chi connectivity index (χ3v) is 7.33. The zero-order valence-electron chi connectivity index (χ0n) is 27.2. The van der Waals surface area contributed by atoms with Gasteiger partial charge in [0.25, 0.3) is 0 Å². The summed E-state index contributed by atoms with van der Waals surface area (Å²) in [5.41, 5.74) is 0.503. The molecule has 0 saturated carbocycles. The van der Waals surface area contributed by atoms with Crippen LogP contribution in [0.25, 0.3) is 0 Å². The van der Waals surface area contributed by atoms with Crippen LogP contribution in [0.5, 0.6) is 0 Å². The van der Waals surface area contributed by atoms with Crippen molar-refractivity contribution in [1.82, 2.24) is 20.4 Å². The summed E-state index contributed by atoms with van der Waals surface area (Å²) >= 11 is 0. The maximum absolute atomic E-state index is 12.6. The first kappa shape index (κ1) is 37.8. The first-order valence-corrected chi connectivity index (χ1v) is 15.0. The Morgan fingerprint density at radius 3 is 1.31 bits per heavy atom. The van der Waals surface area contributed by atoms with Crippen molar-refractivity contribution in [2.45, 2.75) is 101 Å². The van der Waals surface area contributed by atoms with Crippen LogP contribution in [0.2, 0.25) is 0 Å². The number of carbonyl (C=O) groups excluding carboxylic acids is 2. The monoisotopic (exact) mass is 556 g/mol. The van der Waals surface area contributed by atoms with Gasteiger partial charge in [0.05, 0.1) is 13.2 Å². The van der Waals surface area contributed by atoms with Crippen LogP contribution in [0.1, 0.15) is 101 Å². The van der Waals surface area contributed by atoms with Gasteiger partial charge in [0.2, 0.25) is 11.8 Å². The van der Waals surface area contributed by atoms with E-state index in [0.29, 0.717) is 65.2 Å². The molecule has 0 aromatic carbocycles. The second-order valence-corrected chi connectivity index (χ2v) is 14.9. The highest BCUT2D eigenvalue weighted by molar-refractivity contribution is 5.76. The highest BCUT2D eigenvalue weighted by Gasteiger charge is 2.28. The average Bonchev–Trinajstić information content (AvgIpc) is 2.79. The Balaban J connectivity index is 4.64. The fourth-order valence-corrected chi connectivity index (χ4v) is 5.59. The SMILES string of the molecule is CCC(C)(C)CC(C)(C)CNC(=O)CCN(CCO)CCN(CCO)CCC(=O)NCC(C)(C)CC(C)(C)C. The molecule has 0 unspecified atom stereocenters. The standard InChI is InChI=1S/C31H64N4O4/c1-11-29(5,6)23-31(9,10)25-33-27(39)13-15-35(19-21-37)17-16-34(18-20-36)14-12-26(38)32-24-30(7,8)22-28(2,3)4/h36-37H,11-25H2,1-10H3,(H,32,38)(H,33,39). The van der Waals surface area contributed by atoms with Crippen molar-refractivity contribution in [3.63, 3.8) is 0 Å². The van der Waals surface area contributed by atoms with E-state index in [1.165, 1.54) is 0 Å². The van der Waals surface area contributed by atoms with E-state index in [2.05, 4.69) is 89.7 Å². The molecular weight excluding hydrogens is 492 g/mol. The van der Waals surface area contributed by atoms with E-state index in [1.54, 1.807) is 0 Å². The molecule has 0 aliphatic rings. The summed E-state index contributed by atoms with van der Waals surface area (Å²) in [6.45, 7) is 26.9. The molecule has 0 aromatic rings. The van der Waals surface area contributed by atoms with Crippen LogP contribution < -0.4 is 10.6 Å². The minimum Gasteiger partial charge on any atom is -0.395 e. The Kier molecular flexibility index (Phi) is 17.0. The van der Waals surface area contributed by atoms with Gasteiger partial charge in [-0.05, 0) is 34.5 Å². The number of nitrogens with one attached hydrogen (secondary N) is 2. The van der Waals surface area contributed by atoms with E-state index in [1.807, 2.05) is 0 Å². The molecule has 0 rings (SSSR count). The van der Waals surface area contributed by atoms with Crippen LogP contribution in [0.15, 0.2) is 0 Å². The number of amides is 2. The Bertz CT molecular complexity index is 701. The van der Waals surface area contributed by atoms with Crippen molar-refractivity contribution in [2.24, 2.45) is 21.7 Å².